The molecule has 1 aromatic carbocycles. The molecular weight excluding hydrogens is 372 g/mol. The van der Waals surface area contributed by atoms with Gasteiger partial charge in [-0.1, -0.05) is 12.1 Å². The first-order valence-electron chi connectivity index (χ1n) is 9.12. The zero-order chi connectivity index (χ0) is 20.2. The molecule has 0 aliphatic rings. The summed E-state index contributed by atoms with van der Waals surface area (Å²) in [6.45, 7) is 0.517. The number of ether oxygens (including phenoxy) is 1. The fourth-order valence-electron chi connectivity index (χ4n) is 3.14. The number of hydrogen-bond acceptors (Lipinski definition) is 5. The summed E-state index contributed by atoms with van der Waals surface area (Å²) in [4.78, 5) is 29.7. The van der Waals surface area contributed by atoms with Gasteiger partial charge in [0.15, 0.2) is 5.65 Å². The highest BCUT2D eigenvalue weighted by Gasteiger charge is 2.17. The second-order valence-corrected chi connectivity index (χ2v) is 6.51. The molecule has 0 saturated heterocycles. The maximum Gasteiger partial charge on any atom is 0.331 e. The van der Waals surface area contributed by atoms with Gasteiger partial charge in [0.1, 0.15) is 18.1 Å². The number of pyridine rings is 1. The van der Waals surface area contributed by atoms with E-state index in [0.29, 0.717) is 23.5 Å². The molecule has 148 valence electrons. The zero-order valence-corrected chi connectivity index (χ0v) is 15.9. The van der Waals surface area contributed by atoms with Crippen molar-refractivity contribution in [1.82, 2.24) is 19.4 Å². The van der Waals surface area contributed by atoms with Crippen LogP contribution in [0.3, 0.4) is 0 Å². The van der Waals surface area contributed by atoms with Gasteiger partial charge in [-0.05, 0) is 42.0 Å². The summed E-state index contributed by atoms with van der Waals surface area (Å²) >= 11 is 0. The number of amides is 1. The molecule has 0 radical (unpaired) electrons. The average molecular weight is 392 g/mol. The monoisotopic (exact) mass is 392 g/mol. The predicted octanol–water partition coefficient (Wildman–Crippen LogP) is 2.16. The Morgan fingerprint density at radius 3 is 2.69 bits per heavy atom. The lowest BCUT2D eigenvalue weighted by atomic mass is 10.2. The van der Waals surface area contributed by atoms with Crippen molar-refractivity contribution >= 4 is 17.1 Å². The maximum atomic E-state index is 12.9. The number of carbonyl (C=O) groups is 1. The molecule has 29 heavy (non-hydrogen) atoms. The van der Waals surface area contributed by atoms with Crippen LogP contribution in [0.5, 0.6) is 5.75 Å². The minimum atomic E-state index is -0.310. The van der Waals surface area contributed by atoms with E-state index >= 15 is 0 Å². The summed E-state index contributed by atoms with van der Waals surface area (Å²) in [7, 11) is 1.60. The van der Waals surface area contributed by atoms with Crippen LogP contribution in [0, 0.1) is 0 Å². The molecule has 1 amide bonds. The fraction of sp³-hybridized carbons (Fsp3) is 0.190. The molecular formula is C21H20N4O4. The van der Waals surface area contributed by atoms with Crippen molar-refractivity contribution < 1.29 is 13.9 Å². The van der Waals surface area contributed by atoms with Crippen LogP contribution in [-0.2, 0) is 24.4 Å². The molecule has 0 bridgehead atoms. The SMILES string of the molecule is COc1ccc(CNC(=O)Cn2c(=O)n(Cc3ccco3)c3ncccc32)cc1. The Morgan fingerprint density at radius 1 is 1.14 bits per heavy atom. The van der Waals surface area contributed by atoms with E-state index in [1.165, 1.54) is 9.13 Å². The molecule has 8 heteroatoms. The fourth-order valence-corrected chi connectivity index (χ4v) is 3.14. The third kappa shape index (κ3) is 3.91. The summed E-state index contributed by atoms with van der Waals surface area (Å²) in [5.41, 5.74) is 1.74. The zero-order valence-electron chi connectivity index (χ0n) is 15.9. The van der Waals surface area contributed by atoms with Crippen LogP contribution in [0.15, 0.2) is 70.2 Å². The van der Waals surface area contributed by atoms with Crippen LogP contribution in [0.1, 0.15) is 11.3 Å². The number of rotatable bonds is 7. The Morgan fingerprint density at radius 2 is 1.97 bits per heavy atom. The smallest absolute Gasteiger partial charge is 0.331 e. The van der Waals surface area contributed by atoms with E-state index in [1.807, 2.05) is 24.3 Å². The van der Waals surface area contributed by atoms with Gasteiger partial charge in [-0.3, -0.25) is 13.9 Å². The van der Waals surface area contributed by atoms with E-state index < -0.39 is 0 Å². The van der Waals surface area contributed by atoms with Crippen LogP contribution in [0.2, 0.25) is 0 Å². The van der Waals surface area contributed by atoms with Gasteiger partial charge >= 0.3 is 5.69 Å². The normalized spacial score (nSPS) is 10.9. The van der Waals surface area contributed by atoms with Crippen LogP contribution in [-0.4, -0.2) is 27.1 Å². The highest BCUT2D eigenvalue weighted by molar-refractivity contribution is 5.79. The predicted molar refractivity (Wildman–Crippen MR) is 107 cm³/mol. The molecule has 0 saturated carbocycles. The number of benzene rings is 1. The number of furan rings is 1. The number of hydrogen-bond donors (Lipinski definition) is 1. The van der Waals surface area contributed by atoms with Crippen molar-refractivity contribution in [2.75, 3.05) is 7.11 Å². The van der Waals surface area contributed by atoms with Crippen molar-refractivity contribution in [3.05, 3.63) is 82.8 Å². The molecule has 0 fully saturated rings. The molecule has 0 aliphatic carbocycles. The van der Waals surface area contributed by atoms with Crippen molar-refractivity contribution in [2.24, 2.45) is 0 Å². The number of imidazole rings is 1. The van der Waals surface area contributed by atoms with Gasteiger partial charge in [-0.15, -0.1) is 0 Å². The van der Waals surface area contributed by atoms with Gasteiger partial charge in [-0.2, -0.15) is 0 Å². The van der Waals surface area contributed by atoms with Gasteiger partial charge in [0.25, 0.3) is 0 Å². The Labute approximate surface area is 166 Å². The van der Waals surface area contributed by atoms with E-state index in [4.69, 9.17) is 9.15 Å². The van der Waals surface area contributed by atoms with E-state index in [9.17, 15) is 9.59 Å². The number of nitrogens with zero attached hydrogens (tertiary/aromatic N) is 3. The Bertz CT molecular complexity index is 1170. The van der Waals surface area contributed by atoms with Gasteiger partial charge in [0, 0.05) is 12.7 Å². The topological polar surface area (TPSA) is 91.3 Å². The van der Waals surface area contributed by atoms with Crippen LogP contribution in [0.25, 0.3) is 11.2 Å². The van der Waals surface area contributed by atoms with Crippen molar-refractivity contribution in [3.8, 4) is 5.75 Å². The minimum Gasteiger partial charge on any atom is -0.497 e. The summed E-state index contributed by atoms with van der Waals surface area (Å²) < 4.78 is 13.4. The second kappa shape index (κ2) is 8.05. The first-order chi connectivity index (χ1) is 14.2. The lowest BCUT2D eigenvalue weighted by Crippen LogP contribution is -2.33. The third-order valence-electron chi connectivity index (χ3n) is 4.62. The van der Waals surface area contributed by atoms with Gasteiger partial charge in [-0.25, -0.2) is 9.78 Å². The highest BCUT2D eigenvalue weighted by atomic mass is 16.5. The summed E-state index contributed by atoms with van der Waals surface area (Å²) in [6, 6.07) is 14.5. The number of carbonyl (C=O) groups excluding carboxylic acids is 1. The summed E-state index contributed by atoms with van der Waals surface area (Å²) in [5, 5.41) is 2.84. The molecule has 0 atom stereocenters. The second-order valence-electron chi connectivity index (χ2n) is 6.51. The molecule has 0 spiro atoms. The van der Waals surface area contributed by atoms with E-state index in [2.05, 4.69) is 10.3 Å². The van der Waals surface area contributed by atoms with Crippen molar-refractivity contribution in [1.29, 1.82) is 0 Å². The van der Waals surface area contributed by atoms with Gasteiger partial charge in [0.05, 0.1) is 25.4 Å². The van der Waals surface area contributed by atoms with Gasteiger partial charge < -0.3 is 14.5 Å². The quantitative estimate of drug-likeness (QED) is 0.520. The molecule has 4 rings (SSSR count). The van der Waals surface area contributed by atoms with Crippen LogP contribution >= 0.6 is 0 Å². The standard InChI is InChI=1S/C21H20N4O4/c1-28-16-8-6-15(7-9-16)12-23-19(26)14-24-18-5-2-10-22-20(18)25(21(24)27)13-17-4-3-11-29-17/h2-11H,12-14H2,1H3,(H,23,26). The Kier molecular flexibility index (Phi) is 5.15. The molecule has 8 nitrogen and oxygen atoms in total. The molecule has 4 aromatic rings. The van der Waals surface area contributed by atoms with Crippen molar-refractivity contribution in [3.63, 3.8) is 0 Å². The highest BCUT2D eigenvalue weighted by Crippen LogP contribution is 2.13. The average Bonchev–Trinajstić information content (AvgIpc) is 3.36. The number of aromatic nitrogens is 3. The lowest BCUT2D eigenvalue weighted by Gasteiger charge is -2.07. The van der Waals surface area contributed by atoms with Crippen molar-refractivity contribution in [2.45, 2.75) is 19.6 Å². The van der Waals surface area contributed by atoms with Crippen LogP contribution in [0.4, 0.5) is 0 Å². The molecule has 0 unspecified atom stereocenters. The molecule has 3 heterocycles. The first-order valence-corrected chi connectivity index (χ1v) is 9.12. The Balaban J connectivity index is 1.53. The third-order valence-corrected chi connectivity index (χ3v) is 4.62. The number of nitrogens with one attached hydrogen (secondary N) is 1. The van der Waals surface area contributed by atoms with Gasteiger partial charge in [0.2, 0.25) is 5.91 Å². The van der Waals surface area contributed by atoms with E-state index in [1.54, 1.807) is 43.8 Å². The first kappa shape index (κ1) is 18.5. The molecule has 3 aromatic heterocycles. The summed E-state index contributed by atoms with van der Waals surface area (Å²) in [6.07, 6.45) is 3.17. The van der Waals surface area contributed by atoms with E-state index in [-0.39, 0.29) is 24.7 Å². The maximum absolute atomic E-state index is 12.9. The molecule has 0 aliphatic heterocycles. The molecule has 1 N–H and O–H groups in total. The Hall–Kier alpha value is -3.81. The van der Waals surface area contributed by atoms with Crippen LogP contribution < -0.4 is 15.7 Å². The largest absolute Gasteiger partial charge is 0.497 e. The van der Waals surface area contributed by atoms with E-state index in [0.717, 1.165) is 11.3 Å². The summed E-state index contributed by atoms with van der Waals surface area (Å²) in [5.74, 6) is 1.13. The number of fused-ring (bicyclic) bond motifs is 1. The number of methoxy groups -OCH3 is 1. The minimum absolute atomic E-state index is 0.0949. The lowest BCUT2D eigenvalue weighted by molar-refractivity contribution is -0.121.